The van der Waals surface area contributed by atoms with Crippen molar-refractivity contribution in [3.8, 4) is 0 Å². The Morgan fingerprint density at radius 3 is 1.31 bits per heavy atom. The van der Waals surface area contributed by atoms with Gasteiger partial charge in [-0.15, -0.1) is 0 Å². The predicted octanol–water partition coefficient (Wildman–Crippen LogP) is 4.31. The average Bonchev–Trinajstić information content (AvgIpc) is 3.61. The maximum Gasteiger partial charge on any atom is 0.253 e. The molecule has 8 heteroatoms. The van der Waals surface area contributed by atoms with Crippen molar-refractivity contribution in [3.05, 3.63) is 94.0 Å². The van der Waals surface area contributed by atoms with Crippen LogP contribution in [0, 0.1) is 0 Å². The number of likely N-dealkylation sites (N-methyl/N-ethyl adjacent to an activating group) is 4. The molecule has 0 unspecified atom stereocenters. The molecular formula is C34H40N6O2. The fourth-order valence-corrected chi connectivity index (χ4v) is 5.20. The molecule has 0 N–H and O–H groups in total. The molecule has 5 rings (SSSR count). The summed E-state index contributed by atoms with van der Waals surface area (Å²) in [4.78, 5) is 43.3. The number of aliphatic imine (C=N–C) groups is 2. The second kappa shape index (κ2) is 12.4. The third-order valence-electron chi connectivity index (χ3n) is 7.89. The first-order chi connectivity index (χ1) is 20.1. The van der Waals surface area contributed by atoms with Crippen LogP contribution in [-0.2, 0) is 12.8 Å². The van der Waals surface area contributed by atoms with Crippen LogP contribution in [0.2, 0.25) is 0 Å². The second-order valence-corrected chi connectivity index (χ2v) is 11.8. The molecule has 0 bridgehead atoms. The van der Waals surface area contributed by atoms with Crippen molar-refractivity contribution in [3.63, 3.8) is 0 Å². The van der Waals surface area contributed by atoms with Crippen molar-refractivity contribution in [2.24, 2.45) is 9.98 Å². The Morgan fingerprint density at radius 2 is 0.952 bits per heavy atom. The van der Waals surface area contributed by atoms with Crippen LogP contribution in [0.3, 0.4) is 0 Å². The summed E-state index contributed by atoms with van der Waals surface area (Å²) < 4.78 is 0. The summed E-state index contributed by atoms with van der Waals surface area (Å²) in [7, 11) is 11.7. The lowest BCUT2D eigenvalue weighted by Gasteiger charge is -2.20. The minimum absolute atomic E-state index is 0.0311. The average molecular weight is 565 g/mol. The highest BCUT2D eigenvalue weighted by Gasteiger charge is 2.22. The SMILES string of the molecule is CN(C)CCN(C)C(=O)c1ccc2c(c1)CC(c1ccc(C3=Nc4ccc(C(=O)N(C)CCN(C)C)cc4C3)cc1)=N2. The number of nitrogens with zero attached hydrogens (tertiary/aromatic N) is 6. The van der Waals surface area contributed by atoms with E-state index in [0.29, 0.717) is 37.1 Å². The van der Waals surface area contributed by atoms with Crippen LogP contribution < -0.4 is 0 Å². The number of benzene rings is 3. The normalized spacial score (nSPS) is 13.6. The topological polar surface area (TPSA) is 71.8 Å². The maximum absolute atomic E-state index is 12.9. The van der Waals surface area contributed by atoms with E-state index in [2.05, 4.69) is 34.1 Å². The first-order valence-electron chi connectivity index (χ1n) is 14.4. The Kier molecular flexibility index (Phi) is 8.66. The Morgan fingerprint density at radius 1 is 0.571 bits per heavy atom. The van der Waals surface area contributed by atoms with Crippen LogP contribution in [-0.4, -0.2) is 111 Å². The molecule has 0 saturated heterocycles. The standard InChI is InChI=1S/C34H40N6O2/c1-37(2)15-17-39(5)33(41)25-11-13-29-27(19-25)21-31(35-29)23-7-9-24(10-8-23)32-22-28-20-26(12-14-30(28)36-32)34(42)40(6)18-16-38(3)4/h7-14,19-20H,15-18,21-22H2,1-6H3. The lowest BCUT2D eigenvalue weighted by molar-refractivity contribution is 0.0779. The third-order valence-corrected chi connectivity index (χ3v) is 7.89. The summed E-state index contributed by atoms with van der Waals surface area (Å²) in [6.07, 6.45) is 1.40. The van der Waals surface area contributed by atoms with Crippen molar-refractivity contribution in [2.45, 2.75) is 12.8 Å². The molecule has 0 spiro atoms. The van der Waals surface area contributed by atoms with E-state index in [-0.39, 0.29) is 11.8 Å². The third kappa shape index (κ3) is 6.50. The molecular weight excluding hydrogens is 524 g/mol. The van der Waals surface area contributed by atoms with Gasteiger partial charge in [-0.1, -0.05) is 24.3 Å². The number of hydrogen-bond donors (Lipinski definition) is 0. The molecule has 2 heterocycles. The predicted molar refractivity (Wildman–Crippen MR) is 170 cm³/mol. The van der Waals surface area contributed by atoms with Gasteiger partial charge in [0.2, 0.25) is 0 Å². The fraction of sp³-hybridized carbons (Fsp3) is 0.353. The number of amides is 2. The summed E-state index contributed by atoms with van der Waals surface area (Å²) in [6, 6.07) is 20.0. The lowest BCUT2D eigenvalue weighted by Crippen LogP contribution is -2.33. The molecule has 42 heavy (non-hydrogen) atoms. The number of hydrogen-bond acceptors (Lipinski definition) is 6. The second-order valence-electron chi connectivity index (χ2n) is 11.8. The number of fused-ring (bicyclic) bond motifs is 2. The van der Waals surface area contributed by atoms with Gasteiger partial charge < -0.3 is 19.6 Å². The zero-order chi connectivity index (χ0) is 30.0. The first kappa shape index (κ1) is 29.4. The number of carbonyl (C=O) groups is 2. The Labute approximate surface area is 249 Å². The zero-order valence-corrected chi connectivity index (χ0v) is 25.5. The Bertz CT molecular complexity index is 1440. The van der Waals surface area contributed by atoms with Gasteiger partial charge in [0.15, 0.2) is 0 Å². The van der Waals surface area contributed by atoms with E-state index in [1.165, 1.54) is 0 Å². The quantitative estimate of drug-likeness (QED) is 0.368. The van der Waals surface area contributed by atoms with Gasteiger partial charge in [-0.2, -0.15) is 0 Å². The van der Waals surface area contributed by atoms with E-state index in [1.807, 2.05) is 78.7 Å². The van der Waals surface area contributed by atoms with Gasteiger partial charge in [0.05, 0.1) is 22.8 Å². The monoisotopic (exact) mass is 564 g/mol. The summed E-state index contributed by atoms with van der Waals surface area (Å²) in [5.41, 5.74) is 9.54. The van der Waals surface area contributed by atoms with Crippen LogP contribution in [0.25, 0.3) is 0 Å². The van der Waals surface area contributed by atoms with E-state index in [0.717, 1.165) is 58.1 Å². The molecule has 3 aromatic rings. The van der Waals surface area contributed by atoms with Crippen LogP contribution in [0.5, 0.6) is 0 Å². The van der Waals surface area contributed by atoms with Crippen LogP contribution in [0.15, 0.2) is 70.6 Å². The van der Waals surface area contributed by atoms with E-state index >= 15 is 0 Å². The van der Waals surface area contributed by atoms with Crippen LogP contribution in [0.1, 0.15) is 43.0 Å². The fourth-order valence-electron chi connectivity index (χ4n) is 5.20. The van der Waals surface area contributed by atoms with Gasteiger partial charge in [0, 0.05) is 64.2 Å². The molecule has 2 amide bonds. The molecule has 0 saturated carbocycles. The zero-order valence-electron chi connectivity index (χ0n) is 25.5. The largest absolute Gasteiger partial charge is 0.340 e. The van der Waals surface area contributed by atoms with E-state index in [1.54, 1.807) is 9.80 Å². The van der Waals surface area contributed by atoms with Crippen molar-refractivity contribution in [2.75, 3.05) is 68.5 Å². The molecule has 0 radical (unpaired) electrons. The van der Waals surface area contributed by atoms with Crippen molar-refractivity contribution in [1.82, 2.24) is 19.6 Å². The van der Waals surface area contributed by atoms with E-state index in [4.69, 9.17) is 9.98 Å². The van der Waals surface area contributed by atoms with Crippen LogP contribution in [0.4, 0.5) is 11.4 Å². The minimum atomic E-state index is 0.0311. The van der Waals surface area contributed by atoms with Crippen LogP contribution >= 0.6 is 0 Å². The molecule has 218 valence electrons. The smallest absolute Gasteiger partial charge is 0.253 e. The van der Waals surface area contributed by atoms with Crippen molar-refractivity contribution in [1.29, 1.82) is 0 Å². The van der Waals surface area contributed by atoms with E-state index in [9.17, 15) is 9.59 Å². The summed E-state index contributed by atoms with van der Waals surface area (Å²) in [5.74, 6) is 0.0623. The number of rotatable bonds is 10. The van der Waals surface area contributed by atoms with Gasteiger partial charge >= 0.3 is 0 Å². The first-order valence-corrected chi connectivity index (χ1v) is 14.4. The molecule has 0 fully saturated rings. The maximum atomic E-state index is 12.9. The molecule has 0 aromatic heterocycles. The highest BCUT2D eigenvalue weighted by Crippen LogP contribution is 2.32. The molecule has 0 atom stereocenters. The van der Waals surface area contributed by atoms with Gasteiger partial charge in [-0.3, -0.25) is 19.6 Å². The van der Waals surface area contributed by atoms with Gasteiger partial charge in [0.25, 0.3) is 11.8 Å². The Balaban J connectivity index is 1.22. The van der Waals surface area contributed by atoms with Gasteiger partial charge in [-0.05, 0) is 86.8 Å². The summed E-state index contributed by atoms with van der Waals surface area (Å²) in [6.45, 7) is 3.01. The lowest BCUT2D eigenvalue weighted by atomic mass is 9.98. The van der Waals surface area contributed by atoms with Crippen molar-refractivity contribution < 1.29 is 9.59 Å². The summed E-state index contributed by atoms with van der Waals surface area (Å²) in [5, 5.41) is 0. The number of carbonyl (C=O) groups excluding carboxylic acids is 2. The highest BCUT2D eigenvalue weighted by atomic mass is 16.2. The summed E-state index contributed by atoms with van der Waals surface area (Å²) >= 11 is 0. The minimum Gasteiger partial charge on any atom is -0.340 e. The molecule has 3 aromatic carbocycles. The molecule has 2 aliphatic heterocycles. The molecule has 8 nitrogen and oxygen atoms in total. The highest BCUT2D eigenvalue weighted by molar-refractivity contribution is 6.10. The molecule has 0 aliphatic carbocycles. The van der Waals surface area contributed by atoms with Gasteiger partial charge in [-0.25, -0.2) is 0 Å². The van der Waals surface area contributed by atoms with Crippen molar-refractivity contribution >= 4 is 34.6 Å². The molecule has 2 aliphatic rings. The van der Waals surface area contributed by atoms with E-state index < -0.39 is 0 Å². The Hall–Kier alpha value is -4.14. The van der Waals surface area contributed by atoms with Gasteiger partial charge in [0.1, 0.15) is 0 Å².